The first-order valence-corrected chi connectivity index (χ1v) is 7.18. The van der Waals surface area contributed by atoms with E-state index in [1.54, 1.807) is 0 Å². The van der Waals surface area contributed by atoms with Crippen LogP contribution in [0.3, 0.4) is 0 Å². The Morgan fingerprint density at radius 1 is 1.26 bits per heavy atom. The van der Waals surface area contributed by atoms with Crippen LogP contribution in [0.25, 0.3) is 11.0 Å². The molecule has 0 saturated heterocycles. The smallest absolute Gasteiger partial charge is 0.112 e. The molecular weight excluding hydrogens is 234 g/mol. The van der Waals surface area contributed by atoms with Gasteiger partial charge in [0.1, 0.15) is 5.82 Å². The summed E-state index contributed by atoms with van der Waals surface area (Å²) in [6.07, 6.45) is 2.57. The molecule has 0 amide bonds. The van der Waals surface area contributed by atoms with Gasteiger partial charge in [0.25, 0.3) is 0 Å². The molecule has 3 heteroatoms. The minimum absolute atomic E-state index is 0.0655. The fourth-order valence-corrected chi connectivity index (χ4v) is 2.71. The van der Waals surface area contributed by atoms with Gasteiger partial charge in [0.15, 0.2) is 0 Å². The molecular formula is C16H23N3. The number of imidazole rings is 1. The molecule has 0 atom stereocenters. The Labute approximate surface area is 114 Å². The monoisotopic (exact) mass is 257 g/mol. The zero-order chi connectivity index (χ0) is 13.6. The van der Waals surface area contributed by atoms with Crippen molar-refractivity contribution in [3.8, 4) is 0 Å². The maximum Gasteiger partial charge on any atom is 0.112 e. The average molecular weight is 257 g/mol. The predicted molar refractivity (Wildman–Crippen MR) is 80.6 cm³/mol. The van der Waals surface area contributed by atoms with Crippen LogP contribution in [0.1, 0.15) is 46.4 Å². The summed E-state index contributed by atoms with van der Waals surface area (Å²) in [6.45, 7) is 8.85. The maximum atomic E-state index is 4.67. The van der Waals surface area contributed by atoms with E-state index in [1.165, 1.54) is 18.5 Å². The molecule has 0 unspecified atom stereocenters. The zero-order valence-electron chi connectivity index (χ0n) is 12.2. The van der Waals surface area contributed by atoms with Gasteiger partial charge in [-0.2, -0.15) is 0 Å². The number of aromatic amines is 1. The third-order valence-electron chi connectivity index (χ3n) is 3.94. The Balaban J connectivity index is 1.84. The summed E-state index contributed by atoms with van der Waals surface area (Å²) in [5.74, 6) is 1.93. The number of anilines is 1. The lowest BCUT2D eigenvalue weighted by Crippen LogP contribution is -2.33. The van der Waals surface area contributed by atoms with Crippen LogP contribution in [0.2, 0.25) is 0 Å². The van der Waals surface area contributed by atoms with E-state index in [0.717, 1.165) is 22.8 Å². The first kappa shape index (κ1) is 12.5. The molecule has 0 aliphatic heterocycles. The fourth-order valence-electron chi connectivity index (χ4n) is 2.71. The molecule has 1 aliphatic carbocycles. The van der Waals surface area contributed by atoms with Gasteiger partial charge in [-0.15, -0.1) is 0 Å². The van der Waals surface area contributed by atoms with E-state index in [-0.39, 0.29) is 5.41 Å². The standard InChI is InChI=1S/C16H23N3/c1-10-7-12(8-10)17-11-5-6-13-14(9-11)19-15(18-13)16(2,3)4/h5-6,9-10,12,17H,7-8H2,1-4H3,(H,18,19). The molecule has 19 heavy (non-hydrogen) atoms. The minimum Gasteiger partial charge on any atom is -0.382 e. The molecule has 1 saturated carbocycles. The summed E-state index contributed by atoms with van der Waals surface area (Å²) in [7, 11) is 0. The van der Waals surface area contributed by atoms with Gasteiger partial charge in [0.2, 0.25) is 0 Å². The average Bonchev–Trinajstić information content (AvgIpc) is 2.69. The van der Waals surface area contributed by atoms with Crippen molar-refractivity contribution in [3.63, 3.8) is 0 Å². The quantitative estimate of drug-likeness (QED) is 0.851. The normalized spacial score (nSPS) is 23.4. The third kappa shape index (κ3) is 2.46. The van der Waals surface area contributed by atoms with E-state index >= 15 is 0 Å². The molecule has 0 spiro atoms. The van der Waals surface area contributed by atoms with Crippen molar-refractivity contribution in [1.82, 2.24) is 9.97 Å². The lowest BCUT2D eigenvalue weighted by Gasteiger charge is -2.34. The van der Waals surface area contributed by atoms with Crippen LogP contribution < -0.4 is 5.32 Å². The number of benzene rings is 1. The Morgan fingerprint density at radius 3 is 2.63 bits per heavy atom. The van der Waals surface area contributed by atoms with Gasteiger partial charge in [-0.05, 0) is 37.0 Å². The molecule has 2 N–H and O–H groups in total. The Morgan fingerprint density at radius 2 is 2.00 bits per heavy atom. The predicted octanol–water partition coefficient (Wildman–Crippen LogP) is 4.07. The maximum absolute atomic E-state index is 4.67. The van der Waals surface area contributed by atoms with Gasteiger partial charge in [0.05, 0.1) is 11.0 Å². The molecule has 3 nitrogen and oxygen atoms in total. The number of rotatable bonds is 2. The van der Waals surface area contributed by atoms with Crippen molar-refractivity contribution in [1.29, 1.82) is 0 Å². The molecule has 1 aromatic heterocycles. The van der Waals surface area contributed by atoms with Gasteiger partial charge in [-0.1, -0.05) is 27.7 Å². The van der Waals surface area contributed by atoms with Crippen LogP contribution in [-0.2, 0) is 5.41 Å². The number of nitrogens with zero attached hydrogens (tertiary/aromatic N) is 1. The molecule has 102 valence electrons. The molecule has 1 fully saturated rings. The summed E-state index contributed by atoms with van der Waals surface area (Å²) in [6, 6.07) is 7.07. The molecule has 2 aromatic rings. The number of nitrogens with one attached hydrogen (secondary N) is 2. The van der Waals surface area contributed by atoms with Crippen molar-refractivity contribution in [2.45, 2.75) is 52.0 Å². The summed E-state index contributed by atoms with van der Waals surface area (Å²) in [5, 5.41) is 3.60. The third-order valence-corrected chi connectivity index (χ3v) is 3.94. The largest absolute Gasteiger partial charge is 0.382 e. The summed E-state index contributed by atoms with van der Waals surface area (Å²) < 4.78 is 0. The number of fused-ring (bicyclic) bond motifs is 1. The highest BCUT2D eigenvalue weighted by atomic mass is 15.0. The van der Waals surface area contributed by atoms with Gasteiger partial charge in [0, 0.05) is 17.1 Å². The van der Waals surface area contributed by atoms with Crippen LogP contribution in [0.4, 0.5) is 5.69 Å². The van der Waals surface area contributed by atoms with Gasteiger partial charge in [-0.25, -0.2) is 4.98 Å². The SMILES string of the molecule is CC1CC(Nc2ccc3nc(C(C)(C)C)[nH]c3c2)C1. The van der Waals surface area contributed by atoms with E-state index < -0.39 is 0 Å². The summed E-state index contributed by atoms with van der Waals surface area (Å²) in [5.41, 5.74) is 3.45. The molecule has 0 bridgehead atoms. The first-order chi connectivity index (χ1) is 8.91. The second kappa shape index (κ2) is 4.26. The first-order valence-electron chi connectivity index (χ1n) is 7.18. The van der Waals surface area contributed by atoms with E-state index in [0.29, 0.717) is 6.04 Å². The highest BCUT2D eigenvalue weighted by molar-refractivity contribution is 5.79. The van der Waals surface area contributed by atoms with Crippen molar-refractivity contribution < 1.29 is 0 Å². The summed E-state index contributed by atoms with van der Waals surface area (Å²) >= 11 is 0. The van der Waals surface area contributed by atoms with Crippen LogP contribution in [0.5, 0.6) is 0 Å². The van der Waals surface area contributed by atoms with Gasteiger partial charge >= 0.3 is 0 Å². The van der Waals surface area contributed by atoms with Crippen molar-refractivity contribution >= 4 is 16.7 Å². The van der Waals surface area contributed by atoms with E-state index in [9.17, 15) is 0 Å². The van der Waals surface area contributed by atoms with Crippen LogP contribution in [0, 0.1) is 5.92 Å². The van der Waals surface area contributed by atoms with Gasteiger partial charge < -0.3 is 10.3 Å². The molecule has 1 heterocycles. The topological polar surface area (TPSA) is 40.7 Å². The number of H-pyrrole nitrogens is 1. The molecule has 0 radical (unpaired) electrons. The number of aromatic nitrogens is 2. The van der Waals surface area contributed by atoms with Gasteiger partial charge in [-0.3, -0.25) is 0 Å². The van der Waals surface area contributed by atoms with Crippen molar-refractivity contribution in [2.24, 2.45) is 5.92 Å². The highest BCUT2D eigenvalue weighted by Gasteiger charge is 2.25. The zero-order valence-corrected chi connectivity index (χ0v) is 12.2. The molecule has 1 aliphatic rings. The Hall–Kier alpha value is -1.51. The van der Waals surface area contributed by atoms with Crippen LogP contribution >= 0.6 is 0 Å². The number of hydrogen-bond acceptors (Lipinski definition) is 2. The second-order valence-corrected chi connectivity index (χ2v) is 6.99. The van der Waals surface area contributed by atoms with Crippen LogP contribution in [0.15, 0.2) is 18.2 Å². The lowest BCUT2D eigenvalue weighted by molar-refractivity contribution is 0.309. The highest BCUT2D eigenvalue weighted by Crippen LogP contribution is 2.30. The number of hydrogen-bond donors (Lipinski definition) is 2. The van der Waals surface area contributed by atoms with Crippen molar-refractivity contribution in [2.75, 3.05) is 5.32 Å². The Kier molecular flexibility index (Phi) is 2.80. The molecule has 3 rings (SSSR count). The Bertz CT molecular complexity index is 586. The fraction of sp³-hybridized carbons (Fsp3) is 0.562. The summed E-state index contributed by atoms with van der Waals surface area (Å²) in [4.78, 5) is 8.11. The van der Waals surface area contributed by atoms with Crippen molar-refractivity contribution in [3.05, 3.63) is 24.0 Å². The van der Waals surface area contributed by atoms with E-state index in [2.05, 4.69) is 61.2 Å². The van der Waals surface area contributed by atoms with Crippen LogP contribution in [-0.4, -0.2) is 16.0 Å². The second-order valence-electron chi connectivity index (χ2n) is 6.99. The lowest BCUT2D eigenvalue weighted by atomic mass is 9.82. The minimum atomic E-state index is 0.0655. The van der Waals surface area contributed by atoms with E-state index in [1.807, 2.05) is 0 Å². The molecule has 1 aromatic carbocycles. The van der Waals surface area contributed by atoms with E-state index in [4.69, 9.17) is 0 Å².